The molecule has 0 atom stereocenters. The Bertz CT molecular complexity index is 1050. The van der Waals surface area contributed by atoms with Crippen molar-refractivity contribution in [3.63, 3.8) is 0 Å². The zero-order valence-electron chi connectivity index (χ0n) is 12.2. The summed E-state index contributed by atoms with van der Waals surface area (Å²) in [6, 6.07) is 16.5. The second-order valence-corrected chi connectivity index (χ2v) is 5.94. The topological polar surface area (TPSA) is 13.1 Å². The van der Waals surface area contributed by atoms with E-state index in [1.54, 1.807) is 30.3 Å². The van der Waals surface area contributed by atoms with Crippen LogP contribution >= 0.6 is 11.6 Å². The molecule has 0 aliphatic heterocycles. The molecule has 5 heteroatoms. The van der Waals surface area contributed by atoms with E-state index in [0.29, 0.717) is 10.6 Å². The highest BCUT2D eigenvalue weighted by Gasteiger charge is 2.39. The predicted molar refractivity (Wildman–Crippen MR) is 89.2 cm³/mol. The summed E-state index contributed by atoms with van der Waals surface area (Å²) in [6.07, 6.45) is -4.53. The fraction of sp³-hybridized carbons (Fsp3) is 0.0526. The number of rotatable bonds is 1. The van der Waals surface area contributed by atoms with Gasteiger partial charge in [0.15, 0.2) is 0 Å². The summed E-state index contributed by atoms with van der Waals surface area (Å²) < 4.78 is 46.7. The van der Waals surface area contributed by atoms with Gasteiger partial charge >= 0.3 is 6.18 Å². The number of benzene rings is 3. The Labute approximate surface area is 140 Å². The van der Waals surface area contributed by atoms with Gasteiger partial charge in [-0.1, -0.05) is 35.9 Å². The molecule has 0 spiro atoms. The molecule has 0 bridgehead atoms. The second kappa shape index (κ2) is 5.28. The minimum Gasteiger partial charge on any atom is -0.455 e. The van der Waals surface area contributed by atoms with Crippen molar-refractivity contribution in [3.05, 3.63) is 71.2 Å². The Balaban J connectivity index is 2.08. The van der Waals surface area contributed by atoms with Crippen molar-refractivity contribution >= 4 is 33.3 Å². The van der Waals surface area contributed by atoms with Crippen LogP contribution in [-0.2, 0) is 6.18 Å². The molecule has 0 saturated heterocycles. The van der Waals surface area contributed by atoms with Crippen molar-refractivity contribution in [2.45, 2.75) is 6.18 Å². The average Bonchev–Trinajstić information content (AvgIpc) is 2.91. The van der Waals surface area contributed by atoms with Crippen molar-refractivity contribution in [1.82, 2.24) is 0 Å². The first kappa shape index (κ1) is 15.1. The smallest absolute Gasteiger partial charge is 0.420 e. The summed E-state index contributed by atoms with van der Waals surface area (Å²) in [4.78, 5) is 0. The molecular formula is C19H10ClF3O. The van der Waals surface area contributed by atoms with Crippen molar-refractivity contribution in [1.29, 1.82) is 0 Å². The van der Waals surface area contributed by atoms with E-state index in [1.165, 1.54) is 18.2 Å². The molecule has 1 aromatic heterocycles. The van der Waals surface area contributed by atoms with E-state index in [1.807, 2.05) is 12.1 Å². The van der Waals surface area contributed by atoms with Gasteiger partial charge in [0.25, 0.3) is 0 Å². The lowest BCUT2D eigenvalue weighted by molar-refractivity contribution is -0.136. The highest BCUT2D eigenvalue weighted by Crippen LogP contribution is 2.44. The van der Waals surface area contributed by atoms with Crippen molar-refractivity contribution in [2.24, 2.45) is 0 Å². The molecule has 0 aliphatic carbocycles. The summed E-state index contributed by atoms with van der Waals surface area (Å²) in [7, 11) is 0. The molecule has 4 aromatic rings. The van der Waals surface area contributed by atoms with Gasteiger partial charge in [-0.25, -0.2) is 0 Å². The minimum atomic E-state index is -4.53. The molecule has 3 aromatic carbocycles. The van der Waals surface area contributed by atoms with Gasteiger partial charge in [-0.2, -0.15) is 13.2 Å². The summed E-state index contributed by atoms with van der Waals surface area (Å²) in [5.74, 6) is -0.190. The first-order chi connectivity index (χ1) is 11.4. The third-order valence-corrected chi connectivity index (χ3v) is 4.20. The van der Waals surface area contributed by atoms with E-state index < -0.39 is 11.7 Å². The fourth-order valence-electron chi connectivity index (χ4n) is 2.87. The van der Waals surface area contributed by atoms with Crippen LogP contribution in [0.5, 0.6) is 0 Å². The van der Waals surface area contributed by atoms with Gasteiger partial charge in [0.05, 0.1) is 0 Å². The van der Waals surface area contributed by atoms with E-state index in [-0.39, 0.29) is 16.7 Å². The zero-order chi connectivity index (χ0) is 16.9. The number of hydrogen-bond acceptors (Lipinski definition) is 1. The third kappa shape index (κ3) is 2.43. The van der Waals surface area contributed by atoms with Gasteiger partial charge in [-0.15, -0.1) is 0 Å². The highest BCUT2D eigenvalue weighted by atomic mass is 35.5. The Hall–Kier alpha value is -2.46. The van der Waals surface area contributed by atoms with Crippen LogP contribution in [0.15, 0.2) is 65.1 Å². The summed E-state index contributed by atoms with van der Waals surface area (Å²) in [5.41, 5.74) is -0.205. The molecule has 0 fully saturated rings. The van der Waals surface area contributed by atoms with E-state index >= 15 is 0 Å². The van der Waals surface area contributed by atoms with E-state index in [4.69, 9.17) is 16.0 Å². The standard InChI is InChI=1S/C19H10ClF3O/c20-14-7-5-11(6-8-14)18-17(19(21,22)23)15-9-12-3-1-2-4-13(12)10-16(15)24-18/h1-10H. The van der Waals surface area contributed by atoms with Crippen LogP contribution in [0.1, 0.15) is 5.56 Å². The van der Waals surface area contributed by atoms with Crippen LogP contribution in [0.4, 0.5) is 13.2 Å². The normalized spacial score (nSPS) is 12.2. The van der Waals surface area contributed by atoms with Crippen LogP contribution in [0.3, 0.4) is 0 Å². The fourth-order valence-corrected chi connectivity index (χ4v) is 2.99. The molecule has 24 heavy (non-hydrogen) atoms. The van der Waals surface area contributed by atoms with Crippen molar-refractivity contribution in [3.8, 4) is 11.3 Å². The molecule has 1 nitrogen and oxygen atoms in total. The van der Waals surface area contributed by atoms with Gasteiger partial charge in [0, 0.05) is 16.0 Å². The SMILES string of the molecule is FC(F)(F)c1c(-c2ccc(Cl)cc2)oc2cc3ccccc3cc12. The summed E-state index contributed by atoms with van der Waals surface area (Å²) >= 11 is 5.83. The van der Waals surface area contributed by atoms with Crippen LogP contribution < -0.4 is 0 Å². The van der Waals surface area contributed by atoms with Crippen molar-refractivity contribution < 1.29 is 17.6 Å². The quantitative estimate of drug-likeness (QED) is 0.364. The summed E-state index contributed by atoms with van der Waals surface area (Å²) in [6.45, 7) is 0. The first-order valence-corrected chi connectivity index (χ1v) is 7.60. The van der Waals surface area contributed by atoms with E-state index in [2.05, 4.69) is 0 Å². The number of halogens is 4. The molecule has 0 N–H and O–H groups in total. The summed E-state index contributed by atoms with van der Waals surface area (Å²) in [5, 5.41) is 2.08. The van der Waals surface area contributed by atoms with Gasteiger partial charge in [0.2, 0.25) is 0 Å². The van der Waals surface area contributed by atoms with Gasteiger partial charge in [-0.3, -0.25) is 0 Å². The molecular weight excluding hydrogens is 337 g/mol. The minimum absolute atomic E-state index is 0.0613. The van der Waals surface area contributed by atoms with Gasteiger partial charge in [0.1, 0.15) is 16.9 Å². The van der Waals surface area contributed by atoms with Crippen LogP contribution in [0.2, 0.25) is 5.02 Å². The van der Waals surface area contributed by atoms with Crippen LogP contribution in [-0.4, -0.2) is 0 Å². The number of furan rings is 1. The van der Waals surface area contributed by atoms with E-state index in [0.717, 1.165) is 10.8 Å². The molecule has 0 saturated carbocycles. The molecule has 120 valence electrons. The monoisotopic (exact) mass is 346 g/mol. The lowest BCUT2D eigenvalue weighted by Crippen LogP contribution is -2.05. The maximum Gasteiger partial charge on any atom is 0.420 e. The molecule has 0 aliphatic rings. The second-order valence-electron chi connectivity index (χ2n) is 5.51. The maximum atomic E-state index is 13.7. The Morgan fingerprint density at radius 3 is 2.08 bits per heavy atom. The van der Waals surface area contributed by atoms with E-state index in [9.17, 15) is 13.2 Å². The maximum absolute atomic E-state index is 13.7. The Morgan fingerprint density at radius 1 is 0.833 bits per heavy atom. The molecule has 0 radical (unpaired) electrons. The number of hydrogen-bond donors (Lipinski definition) is 0. The number of alkyl halides is 3. The highest BCUT2D eigenvalue weighted by molar-refractivity contribution is 6.30. The van der Waals surface area contributed by atoms with Crippen molar-refractivity contribution in [2.75, 3.05) is 0 Å². The lowest BCUT2D eigenvalue weighted by atomic mass is 10.0. The average molecular weight is 347 g/mol. The zero-order valence-corrected chi connectivity index (χ0v) is 12.9. The Kier molecular flexibility index (Phi) is 3.32. The molecule has 1 heterocycles. The number of fused-ring (bicyclic) bond motifs is 2. The molecule has 0 amide bonds. The van der Waals surface area contributed by atoms with Gasteiger partial charge < -0.3 is 4.42 Å². The van der Waals surface area contributed by atoms with Crippen LogP contribution in [0, 0.1) is 0 Å². The molecule has 0 unspecified atom stereocenters. The first-order valence-electron chi connectivity index (χ1n) is 7.22. The Morgan fingerprint density at radius 2 is 1.46 bits per heavy atom. The van der Waals surface area contributed by atoms with Gasteiger partial charge in [-0.05, 0) is 47.2 Å². The molecule has 4 rings (SSSR count). The lowest BCUT2D eigenvalue weighted by Gasteiger charge is -2.08. The third-order valence-electron chi connectivity index (χ3n) is 3.95. The predicted octanol–water partition coefficient (Wildman–Crippen LogP) is 6.93. The van der Waals surface area contributed by atoms with Crippen LogP contribution in [0.25, 0.3) is 33.1 Å². The largest absolute Gasteiger partial charge is 0.455 e.